The number of thiazole rings is 1. The van der Waals surface area contributed by atoms with Crippen LogP contribution in [-0.4, -0.2) is 41.5 Å². The second kappa shape index (κ2) is 11.2. The van der Waals surface area contributed by atoms with Crippen molar-refractivity contribution in [3.63, 3.8) is 0 Å². The molecule has 6 rings (SSSR count). The van der Waals surface area contributed by atoms with Crippen molar-refractivity contribution < 1.29 is 8.42 Å². The zero-order valence-corrected chi connectivity index (χ0v) is 23.7. The molecule has 2 N–H and O–H groups in total. The van der Waals surface area contributed by atoms with Crippen LogP contribution in [0.4, 0.5) is 11.4 Å². The second-order valence-corrected chi connectivity index (χ2v) is 13.2. The number of nitrogens with zero attached hydrogens (tertiary/aromatic N) is 3. The van der Waals surface area contributed by atoms with Crippen molar-refractivity contribution in [2.45, 2.75) is 13.1 Å². The number of hydrogen-bond donors (Lipinski definition) is 2. The molecule has 0 bridgehead atoms. The number of fused-ring (bicyclic) bond motifs is 2. The molecule has 0 saturated heterocycles. The molecule has 40 heavy (non-hydrogen) atoms. The van der Waals surface area contributed by atoms with E-state index in [9.17, 15) is 8.42 Å². The fourth-order valence-electron chi connectivity index (χ4n) is 4.74. The zero-order valence-electron chi connectivity index (χ0n) is 22.0. The summed E-state index contributed by atoms with van der Waals surface area (Å²) in [6.45, 7) is 1.80. The minimum Gasteiger partial charge on any atom is -0.355 e. The van der Waals surface area contributed by atoms with Crippen LogP contribution in [0.1, 0.15) is 10.6 Å². The average molecular weight is 568 g/mol. The molecule has 0 unspecified atom stereocenters. The van der Waals surface area contributed by atoms with Gasteiger partial charge in [-0.05, 0) is 47.5 Å². The highest BCUT2D eigenvalue weighted by Crippen LogP contribution is 2.32. The molecule has 6 aromatic rings. The summed E-state index contributed by atoms with van der Waals surface area (Å²) in [4.78, 5) is 10.2. The summed E-state index contributed by atoms with van der Waals surface area (Å²) in [5.41, 5.74) is 6.46. The van der Waals surface area contributed by atoms with Gasteiger partial charge in [0.15, 0.2) is 0 Å². The van der Waals surface area contributed by atoms with Crippen molar-refractivity contribution in [3.05, 3.63) is 108 Å². The number of benzene rings is 3. The molecule has 202 valence electrons. The quantitative estimate of drug-likeness (QED) is 0.191. The lowest BCUT2D eigenvalue weighted by molar-refractivity contribution is 0.596. The van der Waals surface area contributed by atoms with Gasteiger partial charge in [0.25, 0.3) is 0 Å². The Balaban J connectivity index is 1.17. The van der Waals surface area contributed by atoms with Crippen LogP contribution in [-0.2, 0) is 22.9 Å². The molecule has 7 nitrogen and oxygen atoms in total. The third kappa shape index (κ3) is 6.07. The number of aromatic nitrogens is 3. The van der Waals surface area contributed by atoms with E-state index in [1.54, 1.807) is 11.3 Å². The van der Waals surface area contributed by atoms with Gasteiger partial charge in [0.1, 0.15) is 14.8 Å². The summed E-state index contributed by atoms with van der Waals surface area (Å²) < 4.78 is 24.9. The maximum absolute atomic E-state index is 11.3. The molecule has 9 heteroatoms. The van der Waals surface area contributed by atoms with Crippen molar-refractivity contribution in [1.29, 1.82) is 0 Å². The van der Waals surface area contributed by atoms with E-state index in [0.717, 1.165) is 44.3 Å². The Kier molecular flexibility index (Phi) is 7.34. The Labute approximate surface area is 237 Å². The van der Waals surface area contributed by atoms with E-state index in [-0.39, 0.29) is 5.75 Å². The largest absolute Gasteiger partial charge is 0.355 e. The first-order valence-electron chi connectivity index (χ1n) is 13.0. The van der Waals surface area contributed by atoms with E-state index < -0.39 is 9.84 Å². The van der Waals surface area contributed by atoms with Crippen LogP contribution < -0.4 is 10.6 Å². The average Bonchev–Trinajstić information content (AvgIpc) is 3.58. The van der Waals surface area contributed by atoms with Gasteiger partial charge >= 0.3 is 0 Å². The van der Waals surface area contributed by atoms with Gasteiger partial charge in [-0.25, -0.2) is 13.4 Å². The maximum Gasteiger partial charge on any atom is 0.148 e. The van der Waals surface area contributed by atoms with Crippen LogP contribution in [0.5, 0.6) is 0 Å². The second-order valence-electron chi connectivity index (χ2n) is 9.84. The molecule has 0 aliphatic rings. The van der Waals surface area contributed by atoms with Crippen LogP contribution in [0.25, 0.3) is 32.2 Å². The van der Waals surface area contributed by atoms with Crippen molar-refractivity contribution in [3.8, 4) is 10.4 Å². The van der Waals surface area contributed by atoms with Gasteiger partial charge in [-0.1, -0.05) is 42.5 Å². The lowest BCUT2D eigenvalue weighted by Crippen LogP contribution is -2.21. The van der Waals surface area contributed by atoms with Crippen LogP contribution in [0, 0.1) is 0 Å². The first-order valence-corrected chi connectivity index (χ1v) is 15.9. The number of nitrogens with one attached hydrogen (secondary N) is 2. The SMILES string of the molecule is CS(=O)(=O)CCNCc1ncc(-c2ccc3c(Nc4ccc5c(ccn5Cc5ccccc5)c4)ccnc3c2)s1. The molecular weight excluding hydrogens is 539 g/mol. The van der Waals surface area contributed by atoms with Crippen molar-refractivity contribution in [2.24, 2.45) is 0 Å². The molecule has 0 radical (unpaired) electrons. The minimum atomic E-state index is -2.97. The molecular formula is C31H29N5O2S2. The highest BCUT2D eigenvalue weighted by atomic mass is 32.2. The first-order chi connectivity index (χ1) is 19.4. The Morgan fingerprint density at radius 2 is 1.82 bits per heavy atom. The number of pyridine rings is 1. The summed E-state index contributed by atoms with van der Waals surface area (Å²) in [6.07, 6.45) is 7.07. The third-order valence-electron chi connectivity index (χ3n) is 6.75. The molecule has 0 saturated carbocycles. The maximum atomic E-state index is 11.3. The van der Waals surface area contributed by atoms with Crippen molar-refractivity contribution in [1.82, 2.24) is 19.9 Å². The standard InChI is InChI=1S/C31H29N5O2S2/c1-40(37,38)16-14-32-20-31-34-19-30(39-31)24-7-9-26-27(11-13-33-28(26)18-24)35-25-8-10-29-23(17-25)12-15-36(29)21-22-5-3-2-4-6-22/h2-13,15,17-19,32H,14,16,20-21H2,1H3,(H,33,35). The topological polar surface area (TPSA) is 88.9 Å². The third-order valence-corrected chi connectivity index (χ3v) is 8.74. The van der Waals surface area contributed by atoms with E-state index in [1.807, 2.05) is 24.5 Å². The van der Waals surface area contributed by atoms with Gasteiger partial charge in [-0.15, -0.1) is 11.3 Å². The fourth-order valence-corrected chi connectivity index (χ4v) is 6.14. The Hall–Kier alpha value is -4.05. The Morgan fingerprint density at radius 3 is 2.67 bits per heavy atom. The summed E-state index contributed by atoms with van der Waals surface area (Å²) in [5.74, 6) is 0.118. The summed E-state index contributed by atoms with van der Waals surface area (Å²) in [5, 5.41) is 9.89. The Morgan fingerprint density at radius 1 is 0.950 bits per heavy atom. The monoisotopic (exact) mass is 567 g/mol. The van der Waals surface area contributed by atoms with E-state index in [1.165, 1.54) is 22.7 Å². The molecule has 0 spiro atoms. The number of hydrogen-bond acceptors (Lipinski definition) is 7. The van der Waals surface area contributed by atoms with Crippen molar-refractivity contribution >= 4 is 54.4 Å². The fraction of sp³-hybridized carbons (Fsp3) is 0.161. The summed E-state index contributed by atoms with van der Waals surface area (Å²) in [6, 6.07) is 27.4. The molecule has 0 atom stereocenters. The zero-order chi connectivity index (χ0) is 27.5. The minimum absolute atomic E-state index is 0.118. The van der Waals surface area contributed by atoms with Crippen LogP contribution in [0.3, 0.4) is 0 Å². The van der Waals surface area contributed by atoms with Crippen LogP contribution in [0.15, 0.2) is 97.5 Å². The molecule has 3 heterocycles. The summed E-state index contributed by atoms with van der Waals surface area (Å²) in [7, 11) is -2.97. The van der Waals surface area contributed by atoms with Gasteiger partial charge < -0.3 is 15.2 Å². The van der Waals surface area contributed by atoms with Crippen molar-refractivity contribution in [2.75, 3.05) is 23.9 Å². The van der Waals surface area contributed by atoms with Gasteiger partial charge in [-0.3, -0.25) is 4.98 Å². The number of rotatable bonds is 10. The van der Waals surface area contributed by atoms with Gasteiger partial charge in [0, 0.05) is 72.1 Å². The number of anilines is 2. The molecule has 0 aliphatic carbocycles. The highest BCUT2D eigenvalue weighted by Gasteiger charge is 2.10. The van der Waals surface area contributed by atoms with Gasteiger partial charge in [-0.2, -0.15) is 0 Å². The van der Waals surface area contributed by atoms with Gasteiger partial charge in [0.05, 0.1) is 16.1 Å². The predicted molar refractivity (Wildman–Crippen MR) is 165 cm³/mol. The van der Waals surface area contributed by atoms with Crippen LogP contribution in [0.2, 0.25) is 0 Å². The predicted octanol–water partition coefficient (Wildman–Crippen LogP) is 6.24. The smallest absolute Gasteiger partial charge is 0.148 e. The van der Waals surface area contributed by atoms with Crippen LogP contribution >= 0.6 is 11.3 Å². The molecule has 0 amide bonds. The van der Waals surface area contributed by atoms with Gasteiger partial charge in [0.2, 0.25) is 0 Å². The van der Waals surface area contributed by atoms with E-state index in [0.29, 0.717) is 13.1 Å². The molecule has 0 aliphatic heterocycles. The lowest BCUT2D eigenvalue weighted by atomic mass is 10.1. The van der Waals surface area contributed by atoms with E-state index in [2.05, 4.69) is 98.1 Å². The normalized spacial score (nSPS) is 11.8. The Bertz CT molecular complexity index is 1900. The molecule has 0 fully saturated rings. The molecule has 3 aromatic heterocycles. The lowest BCUT2D eigenvalue weighted by Gasteiger charge is -2.11. The summed E-state index contributed by atoms with van der Waals surface area (Å²) >= 11 is 1.59. The highest BCUT2D eigenvalue weighted by molar-refractivity contribution is 7.90. The first kappa shape index (κ1) is 26.2. The number of sulfone groups is 1. The van der Waals surface area contributed by atoms with E-state index >= 15 is 0 Å². The molecule has 3 aromatic carbocycles. The van der Waals surface area contributed by atoms with E-state index in [4.69, 9.17) is 0 Å².